The molecule has 6 unspecified atom stereocenters. The number of rotatable bonds is 55. The first-order valence-corrected chi connectivity index (χ1v) is 32.9. The summed E-state index contributed by atoms with van der Waals surface area (Å²) in [4.78, 5) is 51.4. The van der Waals surface area contributed by atoms with Crippen LogP contribution >= 0.6 is 0 Å². The maximum absolute atomic E-state index is 13.2. The third-order valence-electron chi connectivity index (χ3n) is 14.3. The highest BCUT2D eigenvalue weighted by molar-refractivity contribution is 5.74. The Bertz CT molecular complexity index is 1860. The zero-order valence-electron chi connectivity index (χ0n) is 52.2. The van der Waals surface area contributed by atoms with Gasteiger partial charge in [-0.1, -0.05) is 259 Å². The highest BCUT2D eigenvalue weighted by Crippen LogP contribution is 2.27. The van der Waals surface area contributed by atoms with Crippen molar-refractivity contribution in [2.45, 2.75) is 302 Å². The highest BCUT2D eigenvalue weighted by atomic mass is 16.7. The van der Waals surface area contributed by atoms with Crippen molar-refractivity contribution in [1.29, 1.82) is 0 Å². The number of carboxylic acids is 1. The maximum atomic E-state index is 13.2. The molecule has 1 aliphatic heterocycles. The Labute approximate surface area is 504 Å². The minimum atomic E-state index is -1.92. The number of hydrogen-bond acceptors (Lipinski definition) is 11. The fraction of sp³-hybridized carbons (Fsp3) is 0.690. The molecule has 12 nitrogen and oxygen atoms in total. The smallest absolute Gasteiger partial charge is 0.335 e. The standard InChI is InChI=1S/C71H116O12/c1-4-7-10-13-16-19-22-25-28-31-32-35-38-41-44-47-50-53-56-59-65(74)82-69-67(76)66(75)68(70(77)78)83-71(69)80-61-62(81-64(73)58-55-52-49-46-43-40-37-34-30-27-24-21-18-15-12-9-6-3)60-79-63(72)57-54-51-48-45-42-39-36-33-29-26-23-20-17-14-11-8-5-2/h7-8,10-11,16-17,19-20,25-26,28-29,32,35-36,39,45,48,62,66-69,71,75-76H,4-6,9,12-15,18,21-24,27,30-31,33-34,37-38,40-44,46-47,49-61H2,1-3H3,(H,77,78)/b10-7-,11-8-,19-16-,20-17-,28-25-,29-26-,35-32-,39-36-,48-45-. The molecule has 0 aromatic carbocycles. The largest absolute Gasteiger partial charge is 0.479 e. The SMILES string of the molecule is CC/C=C\C/C=C\C/C=C\C/C=C\C/C=C\CCCC(=O)OCC(COC1OC(C(=O)O)C(O)C(O)C1OC(=O)CCCCCCCC/C=C\C/C=C\C/C=C\C/C=C\CC)OC(=O)CCCCCCCCCCCCCCCCCCC. The summed E-state index contributed by atoms with van der Waals surface area (Å²) in [5, 5.41) is 31.6. The molecule has 0 amide bonds. The molecule has 6 atom stereocenters. The number of aliphatic hydroxyl groups excluding tert-OH is 2. The number of ether oxygens (including phenoxy) is 5. The molecule has 0 aromatic heterocycles. The first-order valence-electron chi connectivity index (χ1n) is 32.9. The zero-order valence-corrected chi connectivity index (χ0v) is 52.2. The monoisotopic (exact) mass is 1160 g/mol. The lowest BCUT2D eigenvalue weighted by Gasteiger charge is -2.40. The van der Waals surface area contributed by atoms with Gasteiger partial charge in [0.15, 0.2) is 24.6 Å². The van der Waals surface area contributed by atoms with E-state index >= 15 is 0 Å². The van der Waals surface area contributed by atoms with Gasteiger partial charge < -0.3 is 39.0 Å². The van der Waals surface area contributed by atoms with E-state index in [1.165, 1.54) is 83.5 Å². The topological polar surface area (TPSA) is 175 Å². The first kappa shape index (κ1) is 76.4. The van der Waals surface area contributed by atoms with Gasteiger partial charge in [0.1, 0.15) is 18.8 Å². The number of aliphatic hydroxyl groups is 2. The molecule has 472 valence electrons. The fourth-order valence-corrected chi connectivity index (χ4v) is 9.40. The van der Waals surface area contributed by atoms with Gasteiger partial charge in [-0.25, -0.2) is 4.79 Å². The van der Waals surface area contributed by atoms with E-state index in [2.05, 4.69) is 124 Å². The Morgan fingerprint density at radius 3 is 1.19 bits per heavy atom. The van der Waals surface area contributed by atoms with Gasteiger partial charge in [-0.15, -0.1) is 0 Å². The zero-order chi connectivity index (χ0) is 60.3. The van der Waals surface area contributed by atoms with Crippen LogP contribution in [0.4, 0.5) is 0 Å². The molecule has 0 bridgehead atoms. The van der Waals surface area contributed by atoms with E-state index < -0.39 is 67.3 Å². The van der Waals surface area contributed by atoms with Crippen molar-refractivity contribution < 1.29 is 58.2 Å². The van der Waals surface area contributed by atoms with Crippen LogP contribution in [0.1, 0.15) is 265 Å². The number of hydrogen-bond donors (Lipinski definition) is 3. The Balaban J connectivity index is 2.70. The summed E-state index contributed by atoms with van der Waals surface area (Å²) >= 11 is 0. The van der Waals surface area contributed by atoms with Crippen molar-refractivity contribution in [2.24, 2.45) is 0 Å². The molecule has 1 rings (SSSR count). The molecule has 0 aliphatic carbocycles. The van der Waals surface area contributed by atoms with Crippen LogP contribution in [0.15, 0.2) is 109 Å². The first-order chi connectivity index (χ1) is 40.6. The number of carbonyl (C=O) groups excluding carboxylic acids is 3. The highest BCUT2D eigenvalue weighted by Gasteiger charge is 2.50. The summed E-state index contributed by atoms with van der Waals surface area (Å²) in [6, 6.07) is 0. The van der Waals surface area contributed by atoms with Crippen molar-refractivity contribution in [2.75, 3.05) is 13.2 Å². The second kappa shape index (κ2) is 57.8. The lowest BCUT2D eigenvalue weighted by Crippen LogP contribution is -2.61. The molecule has 1 heterocycles. The summed E-state index contributed by atoms with van der Waals surface area (Å²) in [6.07, 6.45) is 66.2. The molecule has 1 saturated heterocycles. The van der Waals surface area contributed by atoms with Gasteiger partial charge in [0, 0.05) is 19.3 Å². The molecule has 12 heteroatoms. The van der Waals surface area contributed by atoms with E-state index in [1.54, 1.807) is 0 Å². The van der Waals surface area contributed by atoms with E-state index in [4.69, 9.17) is 23.7 Å². The van der Waals surface area contributed by atoms with E-state index in [1.807, 2.05) is 6.08 Å². The minimum absolute atomic E-state index is 0.0347. The number of carboxylic acid groups (broad SMARTS) is 1. The Kier molecular flexibility index (Phi) is 53.2. The van der Waals surface area contributed by atoms with Crippen molar-refractivity contribution in [3.63, 3.8) is 0 Å². The fourth-order valence-electron chi connectivity index (χ4n) is 9.40. The van der Waals surface area contributed by atoms with Crippen molar-refractivity contribution in [3.05, 3.63) is 109 Å². The van der Waals surface area contributed by atoms with E-state index in [0.29, 0.717) is 25.7 Å². The molecule has 0 spiro atoms. The van der Waals surface area contributed by atoms with Crippen LogP contribution in [0.2, 0.25) is 0 Å². The summed E-state index contributed by atoms with van der Waals surface area (Å²) in [5.74, 6) is -3.21. The van der Waals surface area contributed by atoms with Crippen LogP contribution in [-0.2, 0) is 42.9 Å². The predicted molar refractivity (Wildman–Crippen MR) is 340 cm³/mol. The molecule has 1 aliphatic rings. The van der Waals surface area contributed by atoms with Gasteiger partial charge in [-0.2, -0.15) is 0 Å². The van der Waals surface area contributed by atoms with Crippen LogP contribution in [0.3, 0.4) is 0 Å². The molecular weight excluding hydrogens is 1040 g/mol. The number of unbranched alkanes of at least 4 members (excludes halogenated alkanes) is 23. The lowest BCUT2D eigenvalue weighted by molar-refractivity contribution is -0.301. The second-order valence-electron chi connectivity index (χ2n) is 22.0. The van der Waals surface area contributed by atoms with Crippen molar-refractivity contribution in [3.8, 4) is 0 Å². The van der Waals surface area contributed by atoms with Gasteiger partial charge in [-0.3, -0.25) is 14.4 Å². The number of allylic oxidation sites excluding steroid dienone is 18. The number of aliphatic carboxylic acids is 1. The Morgan fingerprint density at radius 2 is 0.771 bits per heavy atom. The molecule has 83 heavy (non-hydrogen) atoms. The molecule has 0 saturated carbocycles. The van der Waals surface area contributed by atoms with Crippen LogP contribution in [0.5, 0.6) is 0 Å². The Morgan fingerprint density at radius 1 is 0.410 bits per heavy atom. The number of carbonyl (C=O) groups is 4. The van der Waals surface area contributed by atoms with E-state index in [-0.39, 0.29) is 25.9 Å². The molecule has 1 fully saturated rings. The Hall–Kier alpha value is -4.62. The molecule has 3 N–H and O–H groups in total. The van der Waals surface area contributed by atoms with E-state index in [9.17, 15) is 34.5 Å². The van der Waals surface area contributed by atoms with Gasteiger partial charge >= 0.3 is 23.9 Å². The van der Waals surface area contributed by atoms with Gasteiger partial charge in [0.2, 0.25) is 0 Å². The predicted octanol–water partition coefficient (Wildman–Crippen LogP) is 17.8. The van der Waals surface area contributed by atoms with Crippen LogP contribution in [0.25, 0.3) is 0 Å². The average Bonchev–Trinajstić information content (AvgIpc) is 3.58. The quantitative estimate of drug-likeness (QED) is 0.0228. The van der Waals surface area contributed by atoms with Crippen LogP contribution < -0.4 is 0 Å². The van der Waals surface area contributed by atoms with Crippen molar-refractivity contribution >= 4 is 23.9 Å². The maximum Gasteiger partial charge on any atom is 0.335 e. The summed E-state index contributed by atoms with van der Waals surface area (Å²) in [6.45, 7) is 5.74. The van der Waals surface area contributed by atoms with Gasteiger partial charge in [0.05, 0.1) is 6.61 Å². The van der Waals surface area contributed by atoms with Crippen molar-refractivity contribution in [1.82, 2.24) is 0 Å². The van der Waals surface area contributed by atoms with Crippen LogP contribution in [-0.4, -0.2) is 89.2 Å². The van der Waals surface area contributed by atoms with Crippen LogP contribution in [0, 0.1) is 0 Å². The second-order valence-corrected chi connectivity index (χ2v) is 22.0. The molecule has 0 radical (unpaired) electrons. The summed E-state index contributed by atoms with van der Waals surface area (Å²) in [7, 11) is 0. The summed E-state index contributed by atoms with van der Waals surface area (Å²) < 4.78 is 28.5. The third-order valence-corrected chi connectivity index (χ3v) is 14.3. The third kappa shape index (κ3) is 47.3. The lowest BCUT2D eigenvalue weighted by atomic mass is 9.98. The van der Waals surface area contributed by atoms with Gasteiger partial charge in [0.25, 0.3) is 0 Å². The van der Waals surface area contributed by atoms with Gasteiger partial charge in [-0.05, 0) is 96.3 Å². The number of esters is 3. The minimum Gasteiger partial charge on any atom is -0.479 e. The molecule has 0 aromatic rings. The average molecular weight is 1160 g/mol. The van der Waals surface area contributed by atoms with E-state index in [0.717, 1.165) is 116 Å². The summed E-state index contributed by atoms with van der Waals surface area (Å²) in [5.41, 5.74) is 0. The normalized spacial score (nSPS) is 18.3. The molecular formula is C71H116O12.